The van der Waals surface area contributed by atoms with Crippen LogP contribution in [0.4, 0.5) is 10.1 Å². The Kier molecular flexibility index (Phi) is 4.86. The maximum Gasteiger partial charge on any atom is 0.170 e. The molecule has 0 bridgehead atoms. The Bertz CT molecular complexity index is 572. The third-order valence-corrected chi connectivity index (χ3v) is 3.01. The van der Waals surface area contributed by atoms with Crippen molar-refractivity contribution in [2.24, 2.45) is 0 Å². The Morgan fingerprint density at radius 3 is 2.89 bits per heavy atom. The van der Waals surface area contributed by atoms with Crippen LogP contribution in [-0.4, -0.2) is 21.4 Å². The molecule has 0 unspecified atom stereocenters. The minimum atomic E-state index is -0.331. The van der Waals surface area contributed by atoms with E-state index in [2.05, 4.69) is 31.7 Å². The lowest BCUT2D eigenvalue weighted by Gasteiger charge is -2.11. The van der Waals surface area contributed by atoms with Gasteiger partial charge in [0.15, 0.2) is 5.11 Å². The zero-order valence-electron chi connectivity index (χ0n) is 9.94. The molecule has 2 aromatic rings. The summed E-state index contributed by atoms with van der Waals surface area (Å²) in [6.07, 6.45) is 3.59. The van der Waals surface area contributed by atoms with Gasteiger partial charge in [0.25, 0.3) is 0 Å². The summed E-state index contributed by atoms with van der Waals surface area (Å²) in [5, 5.41) is 10.3. The van der Waals surface area contributed by atoms with Crippen LogP contribution in [0.25, 0.3) is 0 Å². The summed E-state index contributed by atoms with van der Waals surface area (Å²) in [5.41, 5.74) is 0.363. The van der Waals surface area contributed by atoms with Crippen molar-refractivity contribution in [2.75, 3.05) is 11.9 Å². The normalized spacial score (nSPS) is 10.2. The van der Waals surface area contributed by atoms with Gasteiger partial charge in [0, 0.05) is 12.7 Å². The number of halogens is 2. The monoisotopic (exact) mass is 342 g/mol. The van der Waals surface area contributed by atoms with Crippen LogP contribution in [0, 0.1) is 5.82 Å². The van der Waals surface area contributed by atoms with Gasteiger partial charge in [-0.3, -0.25) is 4.68 Å². The fraction of sp³-hybridized carbons (Fsp3) is 0.167. The van der Waals surface area contributed by atoms with Gasteiger partial charge in [0.1, 0.15) is 5.82 Å². The van der Waals surface area contributed by atoms with E-state index in [-0.39, 0.29) is 5.82 Å². The lowest BCUT2D eigenvalue weighted by molar-refractivity contribution is 0.604. The van der Waals surface area contributed by atoms with Crippen molar-refractivity contribution in [3.8, 4) is 0 Å². The topological polar surface area (TPSA) is 41.9 Å². The highest BCUT2D eigenvalue weighted by Crippen LogP contribution is 2.11. The summed E-state index contributed by atoms with van der Waals surface area (Å²) >= 11 is 8.41. The number of anilines is 1. The van der Waals surface area contributed by atoms with E-state index >= 15 is 0 Å². The molecule has 2 rings (SSSR count). The number of benzene rings is 1. The number of aromatic nitrogens is 2. The molecule has 1 heterocycles. The molecule has 0 spiro atoms. The summed E-state index contributed by atoms with van der Waals surface area (Å²) in [4.78, 5) is 0. The summed E-state index contributed by atoms with van der Waals surface area (Å²) in [6, 6.07) is 6.39. The molecule has 2 N–H and O–H groups in total. The second-order valence-corrected chi connectivity index (χ2v) is 5.11. The number of para-hydroxylation sites is 1. The van der Waals surface area contributed by atoms with Gasteiger partial charge in [-0.05, 0) is 40.3 Å². The summed E-state index contributed by atoms with van der Waals surface area (Å²) < 4.78 is 16.1. The molecule has 0 atom stereocenters. The Balaban J connectivity index is 1.77. The number of nitrogens with zero attached hydrogens (tertiary/aromatic N) is 2. The van der Waals surface area contributed by atoms with Gasteiger partial charge in [-0.1, -0.05) is 12.1 Å². The van der Waals surface area contributed by atoms with E-state index in [1.807, 2.05) is 6.20 Å². The van der Waals surface area contributed by atoms with Crippen molar-refractivity contribution in [2.45, 2.75) is 6.54 Å². The minimum absolute atomic E-state index is 0.331. The van der Waals surface area contributed by atoms with E-state index in [0.29, 0.717) is 23.9 Å². The number of rotatable bonds is 4. The van der Waals surface area contributed by atoms with Crippen molar-refractivity contribution < 1.29 is 4.39 Å². The molecule has 0 aliphatic rings. The van der Waals surface area contributed by atoms with Crippen LogP contribution in [0.1, 0.15) is 0 Å². The molecule has 19 heavy (non-hydrogen) atoms. The molecule has 4 nitrogen and oxygen atoms in total. The Hall–Kier alpha value is -1.47. The van der Waals surface area contributed by atoms with E-state index < -0.39 is 0 Å². The summed E-state index contributed by atoms with van der Waals surface area (Å²) in [5.74, 6) is -0.331. The highest BCUT2D eigenvalue weighted by atomic mass is 79.9. The SMILES string of the molecule is Fc1ccccc1NC(=S)NCCn1cc(Br)cn1. The van der Waals surface area contributed by atoms with Gasteiger partial charge >= 0.3 is 0 Å². The van der Waals surface area contributed by atoms with Crippen molar-refractivity contribution in [1.29, 1.82) is 0 Å². The molecule has 7 heteroatoms. The quantitative estimate of drug-likeness (QED) is 0.838. The van der Waals surface area contributed by atoms with Gasteiger partial charge in [-0.15, -0.1) is 0 Å². The maximum absolute atomic E-state index is 13.4. The average Bonchev–Trinajstić information content (AvgIpc) is 2.78. The first kappa shape index (κ1) is 14.0. The zero-order chi connectivity index (χ0) is 13.7. The number of hydrogen-bond donors (Lipinski definition) is 2. The molecule has 1 aromatic heterocycles. The minimum Gasteiger partial charge on any atom is -0.361 e. The van der Waals surface area contributed by atoms with Crippen molar-refractivity contribution in [3.05, 3.63) is 46.9 Å². The predicted molar refractivity (Wildman–Crippen MR) is 80.6 cm³/mol. The fourth-order valence-electron chi connectivity index (χ4n) is 1.47. The van der Waals surface area contributed by atoms with Crippen LogP contribution in [0.5, 0.6) is 0 Å². The summed E-state index contributed by atoms with van der Waals surface area (Å²) in [6.45, 7) is 1.28. The lowest BCUT2D eigenvalue weighted by atomic mass is 10.3. The second-order valence-electron chi connectivity index (χ2n) is 3.78. The average molecular weight is 343 g/mol. The third-order valence-electron chi connectivity index (χ3n) is 2.35. The summed E-state index contributed by atoms with van der Waals surface area (Å²) in [7, 11) is 0. The zero-order valence-corrected chi connectivity index (χ0v) is 12.3. The molecule has 100 valence electrons. The molecule has 0 amide bonds. The molecular weight excluding hydrogens is 331 g/mol. The second kappa shape index (κ2) is 6.63. The highest BCUT2D eigenvalue weighted by Gasteiger charge is 2.02. The van der Waals surface area contributed by atoms with E-state index in [1.54, 1.807) is 29.1 Å². The molecule has 0 radical (unpaired) electrons. The first-order valence-corrected chi connectivity index (χ1v) is 6.82. The van der Waals surface area contributed by atoms with Crippen LogP contribution in [0.2, 0.25) is 0 Å². The van der Waals surface area contributed by atoms with E-state index in [4.69, 9.17) is 12.2 Å². The first-order valence-electron chi connectivity index (χ1n) is 5.62. The van der Waals surface area contributed by atoms with Gasteiger partial charge in [0.2, 0.25) is 0 Å². The number of thiocarbonyl (C=S) groups is 1. The molecule has 0 saturated carbocycles. The standard InChI is InChI=1S/C12H12BrFN4S/c13-9-7-16-18(8-9)6-5-15-12(19)17-11-4-2-1-3-10(11)14/h1-4,7-8H,5-6H2,(H2,15,17,19). The molecule has 1 aromatic carbocycles. The van der Waals surface area contributed by atoms with Crippen molar-refractivity contribution in [1.82, 2.24) is 15.1 Å². The first-order chi connectivity index (χ1) is 9.15. The van der Waals surface area contributed by atoms with Crippen LogP contribution in [0.15, 0.2) is 41.1 Å². The van der Waals surface area contributed by atoms with Crippen LogP contribution < -0.4 is 10.6 Å². The van der Waals surface area contributed by atoms with Gasteiger partial charge in [-0.2, -0.15) is 5.10 Å². The van der Waals surface area contributed by atoms with E-state index in [1.165, 1.54) is 6.07 Å². The number of hydrogen-bond acceptors (Lipinski definition) is 2. The van der Waals surface area contributed by atoms with Gasteiger partial charge in [-0.25, -0.2) is 4.39 Å². The molecule has 0 saturated heterocycles. The van der Waals surface area contributed by atoms with Crippen molar-refractivity contribution >= 4 is 38.9 Å². The predicted octanol–water partition coefficient (Wildman–Crippen LogP) is 2.77. The van der Waals surface area contributed by atoms with Crippen molar-refractivity contribution in [3.63, 3.8) is 0 Å². The van der Waals surface area contributed by atoms with Gasteiger partial charge in [0.05, 0.1) is 22.9 Å². The lowest BCUT2D eigenvalue weighted by Crippen LogP contribution is -2.31. The molecule has 0 aliphatic carbocycles. The third kappa shape index (κ3) is 4.29. The largest absolute Gasteiger partial charge is 0.361 e. The Morgan fingerprint density at radius 2 is 2.21 bits per heavy atom. The van der Waals surface area contributed by atoms with Gasteiger partial charge < -0.3 is 10.6 Å². The Labute approximate surface area is 124 Å². The maximum atomic E-state index is 13.4. The Morgan fingerprint density at radius 1 is 1.42 bits per heavy atom. The van der Waals surface area contributed by atoms with E-state index in [9.17, 15) is 4.39 Å². The smallest absolute Gasteiger partial charge is 0.170 e. The number of nitrogens with one attached hydrogen (secondary N) is 2. The molecule has 0 fully saturated rings. The molecular formula is C12H12BrFN4S. The fourth-order valence-corrected chi connectivity index (χ4v) is 2.01. The highest BCUT2D eigenvalue weighted by molar-refractivity contribution is 9.10. The van der Waals surface area contributed by atoms with Crippen LogP contribution in [0.3, 0.4) is 0 Å². The molecule has 0 aliphatic heterocycles. The van der Waals surface area contributed by atoms with E-state index in [0.717, 1.165) is 4.47 Å². The van der Waals surface area contributed by atoms with Crippen LogP contribution in [-0.2, 0) is 6.54 Å². The van der Waals surface area contributed by atoms with Crippen LogP contribution >= 0.6 is 28.1 Å².